The molecule has 1 N–H and O–H groups in total. The van der Waals surface area contributed by atoms with Gasteiger partial charge in [0.15, 0.2) is 0 Å². The van der Waals surface area contributed by atoms with Crippen molar-refractivity contribution in [3.63, 3.8) is 0 Å². The molecule has 0 aliphatic heterocycles. The monoisotopic (exact) mass is 219 g/mol. The SMILES string of the molecule is CCN(CC)CC.Oc1ccccc1.[H-].[Na+]. The predicted molar refractivity (Wildman–Crippen MR) is 62.7 cm³/mol. The topological polar surface area (TPSA) is 23.5 Å². The fourth-order valence-corrected chi connectivity index (χ4v) is 1.10. The standard InChI is InChI=1S/C6H15N.C6H6O.Na.H/c1-4-7(5-2)6-3;7-6-4-2-1-3-5-6;;/h4-6H2,1-3H3;1-5,7H;;/q;;+1;-1. The molecule has 0 spiro atoms. The molecule has 0 aliphatic carbocycles. The van der Waals surface area contributed by atoms with E-state index in [1.54, 1.807) is 24.3 Å². The number of rotatable bonds is 3. The Morgan fingerprint density at radius 1 is 1.00 bits per heavy atom. The Bertz CT molecular complexity index is 212. The minimum absolute atomic E-state index is 0. The number of para-hydroxylation sites is 1. The van der Waals surface area contributed by atoms with Crippen LogP contribution in [0, 0.1) is 0 Å². The van der Waals surface area contributed by atoms with E-state index in [-0.39, 0.29) is 31.0 Å². The van der Waals surface area contributed by atoms with E-state index in [0.29, 0.717) is 5.75 Å². The molecule has 1 aromatic rings. The molecule has 15 heavy (non-hydrogen) atoms. The van der Waals surface area contributed by atoms with Gasteiger partial charge in [-0.15, -0.1) is 0 Å². The van der Waals surface area contributed by atoms with Crippen LogP contribution in [0.15, 0.2) is 30.3 Å². The average molecular weight is 219 g/mol. The van der Waals surface area contributed by atoms with Crippen LogP contribution in [0.2, 0.25) is 0 Å². The Morgan fingerprint density at radius 3 is 1.53 bits per heavy atom. The summed E-state index contributed by atoms with van der Waals surface area (Å²) in [5, 5.41) is 8.63. The van der Waals surface area contributed by atoms with Crippen molar-refractivity contribution in [1.29, 1.82) is 0 Å². The van der Waals surface area contributed by atoms with Crippen LogP contribution >= 0.6 is 0 Å². The summed E-state index contributed by atoms with van der Waals surface area (Å²) < 4.78 is 0. The average Bonchev–Trinajstić information content (AvgIpc) is 2.22. The van der Waals surface area contributed by atoms with Gasteiger partial charge in [-0.2, -0.15) is 0 Å². The van der Waals surface area contributed by atoms with Crippen LogP contribution in [-0.4, -0.2) is 29.6 Å². The van der Waals surface area contributed by atoms with Crippen LogP contribution in [-0.2, 0) is 0 Å². The second-order valence-electron chi connectivity index (χ2n) is 2.96. The van der Waals surface area contributed by atoms with Crippen molar-refractivity contribution in [3.05, 3.63) is 30.3 Å². The van der Waals surface area contributed by atoms with Gasteiger partial charge < -0.3 is 11.4 Å². The molecule has 0 saturated heterocycles. The molecule has 82 valence electrons. The van der Waals surface area contributed by atoms with Crippen LogP contribution in [0.1, 0.15) is 22.2 Å². The van der Waals surface area contributed by atoms with Crippen molar-refractivity contribution in [3.8, 4) is 5.75 Å². The van der Waals surface area contributed by atoms with Crippen molar-refractivity contribution in [2.75, 3.05) is 19.6 Å². The van der Waals surface area contributed by atoms with E-state index in [0.717, 1.165) is 0 Å². The summed E-state index contributed by atoms with van der Waals surface area (Å²) in [5.41, 5.74) is 0. The van der Waals surface area contributed by atoms with Gasteiger partial charge >= 0.3 is 29.6 Å². The summed E-state index contributed by atoms with van der Waals surface area (Å²) in [6.07, 6.45) is 0. The first-order chi connectivity index (χ1) is 6.74. The number of phenolic OH excluding ortho intramolecular Hbond substituents is 1. The quantitative estimate of drug-likeness (QED) is 0.715. The largest absolute Gasteiger partial charge is 1.00 e. The maximum absolute atomic E-state index is 8.63. The van der Waals surface area contributed by atoms with Crippen LogP contribution in [0.25, 0.3) is 0 Å². The Morgan fingerprint density at radius 2 is 1.40 bits per heavy atom. The molecule has 2 nitrogen and oxygen atoms in total. The number of hydrogen-bond acceptors (Lipinski definition) is 2. The van der Waals surface area contributed by atoms with Crippen molar-refractivity contribution in [1.82, 2.24) is 4.90 Å². The second kappa shape index (κ2) is 12.1. The first kappa shape index (κ1) is 17.4. The molecule has 0 bridgehead atoms. The molecule has 1 aromatic carbocycles. The fourth-order valence-electron chi connectivity index (χ4n) is 1.10. The molecule has 3 heteroatoms. The maximum atomic E-state index is 8.63. The Kier molecular flexibility index (Phi) is 14.0. The fraction of sp³-hybridized carbons (Fsp3) is 0.500. The first-order valence-electron chi connectivity index (χ1n) is 5.20. The van der Waals surface area contributed by atoms with E-state index < -0.39 is 0 Å². The summed E-state index contributed by atoms with van der Waals surface area (Å²) in [4.78, 5) is 2.38. The molecule has 1 rings (SSSR count). The molecule has 0 amide bonds. The van der Waals surface area contributed by atoms with Gasteiger partial charge in [-0.1, -0.05) is 39.0 Å². The van der Waals surface area contributed by atoms with E-state index in [1.807, 2.05) is 6.07 Å². The van der Waals surface area contributed by atoms with Gasteiger partial charge in [-0.3, -0.25) is 0 Å². The van der Waals surface area contributed by atoms with E-state index in [1.165, 1.54) is 19.6 Å². The van der Waals surface area contributed by atoms with E-state index >= 15 is 0 Å². The molecule has 0 aromatic heterocycles. The Hall–Kier alpha value is -0.0200. The summed E-state index contributed by atoms with van der Waals surface area (Å²) >= 11 is 0. The molecule has 0 atom stereocenters. The van der Waals surface area contributed by atoms with Gasteiger partial charge in [0.05, 0.1) is 0 Å². The number of hydrogen-bond donors (Lipinski definition) is 1. The zero-order valence-corrected chi connectivity index (χ0v) is 12.4. The van der Waals surface area contributed by atoms with Gasteiger partial charge in [0, 0.05) is 0 Å². The molecule has 0 saturated carbocycles. The molecule has 0 heterocycles. The van der Waals surface area contributed by atoms with Crippen molar-refractivity contribution in [2.24, 2.45) is 0 Å². The molecule has 0 radical (unpaired) electrons. The number of phenols is 1. The predicted octanol–water partition coefficient (Wildman–Crippen LogP) is -0.143. The summed E-state index contributed by atoms with van der Waals surface area (Å²) in [6.45, 7) is 10.1. The summed E-state index contributed by atoms with van der Waals surface area (Å²) in [7, 11) is 0. The van der Waals surface area contributed by atoms with Crippen LogP contribution in [0.4, 0.5) is 0 Å². The van der Waals surface area contributed by atoms with Gasteiger partial charge in [-0.25, -0.2) is 0 Å². The smallest absolute Gasteiger partial charge is 1.00 e. The van der Waals surface area contributed by atoms with E-state index in [2.05, 4.69) is 25.7 Å². The van der Waals surface area contributed by atoms with Crippen molar-refractivity contribution < 1.29 is 36.1 Å². The molecule has 0 fully saturated rings. The number of benzene rings is 1. The minimum Gasteiger partial charge on any atom is -1.00 e. The summed E-state index contributed by atoms with van der Waals surface area (Å²) in [6, 6.07) is 8.71. The van der Waals surface area contributed by atoms with Gasteiger partial charge in [0.1, 0.15) is 5.75 Å². The Balaban J connectivity index is -0.000000188. The van der Waals surface area contributed by atoms with Crippen molar-refractivity contribution in [2.45, 2.75) is 20.8 Å². The summed E-state index contributed by atoms with van der Waals surface area (Å²) in [5.74, 6) is 0.322. The van der Waals surface area contributed by atoms with Gasteiger partial charge in [0.25, 0.3) is 0 Å². The third-order valence-corrected chi connectivity index (χ3v) is 2.10. The van der Waals surface area contributed by atoms with Gasteiger partial charge in [0.2, 0.25) is 0 Å². The molecular formula is C12H22NNaO. The normalized spacial score (nSPS) is 8.80. The minimum atomic E-state index is 0. The van der Waals surface area contributed by atoms with E-state index in [4.69, 9.17) is 5.11 Å². The zero-order chi connectivity index (χ0) is 10.8. The van der Waals surface area contributed by atoms with Crippen LogP contribution in [0.5, 0.6) is 5.75 Å². The van der Waals surface area contributed by atoms with Crippen molar-refractivity contribution >= 4 is 0 Å². The first-order valence-corrected chi connectivity index (χ1v) is 5.20. The third kappa shape index (κ3) is 10.3. The number of aromatic hydroxyl groups is 1. The molecule has 0 unspecified atom stereocenters. The van der Waals surface area contributed by atoms with Crippen LogP contribution in [0.3, 0.4) is 0 Å². The zero-order valence-electron chi connectivity index (χ0n) is 11.4. The van der Waals surface area contributed by atoms with E-state index in [9.17, 15) is 0 Å². The van der Waals surface area contributed by atoms with Crippen LogP contribution < -0.4 is 29.6 Å². The second-order valence-corrected chi connectivity index (χ2v) is 2.96. The maximum Gasteiger partial charge on any atom is 1.00 e. The number of nitrogens with zero attached hydrogens (tertiary/aromatic N) is 1. The third-order valence-electron chi connectivity index (χ3n) is 2.10. The molecule has 0 aliphatic rings. The molecular weight excluding hydrogens is 197 g/mol. The van der Waals surface area contributed by atoms with Gasteiger partial charge in [-0.05, 0) is 31.8 Å². The Labute approximate surface area is 117 Å².